The number of primary amides is 1. The zero-order valence-corrected chi connectivity index (χ0v) is 16.8. The molecular weight excluding hydrogens is 334 g/mol. The number of rotatable bonds is 8. The number of carbonyl (C=O) groups excluding carboxylic acids is 2. The fourth-order valence-electron chi connectivity index (χ4n) is 2.48. The van der Waals surface area contributed by atoms with Crippen molar-refractivity contribution in [3.05, 3.63) is 18.2 Å². The summed E-state index contributed by atoms with van der Waals surface area (Å²) in [5.74, 6) is -0.346. The topological polar surface area (TPSA) is 113 Å². The summed E-state index contributed by atoms with van der Waals surface area (Å²) in [6, 6.07) is -0.0922. The summed E-state index contributed by atoms with van der Waals surface area (Å²) < 4.78 is 5.52. The third-order valence-electron chi connectivity index (χ3n) is 3.72. The van der Waals surface area contributed by atoms with E-state index in [2.05, 4.69) is 15.3 Å². The minimum absolute atomic E-state index is 0.0922. The molecule has 1 rings (SSSR count). The van der Waals surface area contributed by atoms with Gasteiger partial charge in [0, 0.05) is 37.3 Å². The molecule has 0 spiro atoms. The lowest BCUT2D eigenvalue weighted by atomic mass is 10.1. The zero-order valence-electron chi connectivity index (χ0n) is 16.8. The summed E-state index contributed by atoms with van der Waals surface area (Å²) in [5.41, 5.74) is 5.22. The first-order valence-electron chi connectivity index (χ1n) is 8.91. The van der Waals surface area contributed by atoms with Gasteiger partial charge in [0.15, 0.2) is 0 Å². The van der Waals surface area contributed by atoms with E-state index in [1.165, 1.54) is 0 Å². The Bertz CT molecular complexity index is 573. The monoisotopic (exact) mass is 367 g/mol. The van der Waals surface area contributed by atoms with Crippen molar-refractivity contribution >= 4 is 12.0 Å². The van der Waals surface area contributed by atoms with E-state index in [1.807, 2.05) is 41.5 Å². The van der Waals surface area contributed by atoms with E-state index >= 15 is 0 Å². The smallest absolute Gasteiger partial charge is 0.410 e. The van der Waals surface area contributed by atoms with Crippen molar-refractivity contribution in [2.75, 3.05) is 13.1 Å². The predicted molar refractivity (Wildman–Crippen MR) is 100 cm³/mol. The summed E-state index contributed by atoms with van der Waals surface area (Å²) in [6.07, 6.45) is 3.79. The first-order valence-corrected chi connectivity index (χ1v) is 8.91. The van der Waals surface area contributed by atoms with E-state index in [1.54, 1.807) is 17.4 Å². The van der Waals surface area contributed by atoms with Crippen molar-refractivity contribution in [2.45, 2.75) is 71.6 Å². The van der Waals surface area contributed by atoms with Crippen molar-refractivity contribution in [3.8, 4) is 0 Å². The Labute approximate surface area is 155 Å². The van der Waals surface area contributed by atoms with E-state index < -0.39 is 5.60 Å². The second kappa shape index (κ2) is 9.02. The van der Waals surface area contributed by atoms with Gasteiger partial charge in [-0.15, -0.1) is 0 Å². The van der Waals surface area contributed by atoms with E-state index in [0.717, 1.165) is 5.69 Å². The Kier molecular flexibility index (Phi) is 7.62. The molecule has 1 heterocycles. The Balaban J connectivity index is 2.71. The lowest BCUT2D eigenvalue weighted by molar-refractivity contribution is -0.118. The fraction of sp³-hybridized carbons (Fsp3) is 0.722. The quantitative estimate of drug-likeness (QED) is 0.652. The molecule has 1 aromatic heterocycles. The van der Waals surface area contributed by atoms with Gasteiger partial charge in [-0.1, -0.05) is 0 Å². The third kappa shape index (κ3) is 7.86. The molecule has 1 unspecified atom stereocenters. The van der Waals surface area contributed by atoms with E-state index in [4.69, 9.17) is 10.5 Å². The van der Waals surface area contributed by atoms with Crippen molar-refractivity contribution in [2.24, 2.45) is 5.73 Å². The SMILES string of the molecule is CC(C)(C)OC(=O)N(CCNC(CCC(N)=O)c1cnc[nH]1)C(C)(C)C. The lowest BCUT2D eigenvalue weighted by Gasteiger charge is -2.37. The zero-order chi connectivity index (χ0) is 20.0. The molecular formula is C18H33N5O3. The van der Waals surface area contributed by atoms with Crippen molar-refractivity contribution < 1.29 is 14.3 Å². The van der Waals surface area contributed by atoms with Crippen LogP contribution < -0.4 is 11.1 Å². The largest absolute Gasteiger partial charge is 0.444 e. The molecule has 2 amide bonds. The number of ether oxygens (including phenoxy) is 1. The van der Waals surface area contributed by atoms with E-state index in [-0.39, 0.29) is 30.0 Å². The summed E-state index contributed by atoms with van der Waals surface area (Å²) in [5, 5.41) is 3.37. The first-order chi connectivity index (χ1) is 11.9. The van der Waals surface area contributed by atoms with Gasteiger partial charge in [0.25, 0.3) is 0 Å². The van der Waals surface area contributed by atoms with Crippen LogP contribution in [0.5, 0.6) is 0 Å². The average Bonchev–Trinajstić information content (AvgIpc) is 2.96. The second-order valence-corrected chi connectivity index (χ2v) is 8.32. The van der Waals surface area contributed by atoms with Gasteiger partial charge < -0.3 is 25.7 Å². The van der Waals surface area contributed by atoms with Crippen molar-refractivity contribution in [1.29, 1.82) is 0 Å². The minimum atomic E-state index is -0.548. The number of hydrogen-bond donors (Lipinski definition) is 3. The predicted octanol–water partition coefficient (Wildman–Crippen LogP) is 2.34. The molecule has 0 aliphatic heterocycles. The molecule has 0 saturated heterocycles. The van der Waals surface area contributed by atoms with Gasteiger partial charge in [-0.2, -0.15) is 0 Å². The summed E-state index contributed by atoms with van der Waals surface area (Å²) in [4.78, 5) is 32.4. The molecule has 8 heteroatoms. The molecule has 0 aliphatic carbocycles. The average molecular weight is 367 g/mol. The highest BCUT2D eigenvalue weighted by molar-refractivity contribution is 5.73. The normalized spacial score (nSPS) is 13.3. The number of aromatic nitrogens is 2. The molecule has 0 aromatic carbocycles. The molecule has 1 atom stereocenters. The Hall–Kier alpha value is -2.09. The Morgan fingerprint density at radius 2 is 1.96 bits per heavy atom. The van der Waals surface area contributed by atoms with E-state index in [0.29, 0.717) is 19.5 Å². The van der Waals surface area contributed by atoms with Gasteiger partial charge in [0.2, 0.25) is 5.91 Å². The minimum Gasteiger partial charge on any atom is -0.444 e. The molecule has 148 valence electrons. The number of aromatic amines is 1. The second-order valence-electron chi connectivity index (χ2n) is 8.32. The van der Waals surface area contributed by atoms with Crippen LogP contribution in [0.1, 0.15) is 66.1 Å². The summed E-state index contributed by atoms with van der Waals surface area (Å²) in [7, 11) is 0. The Morgan fingerprint density at radius 3 is 2.42 bits per heavy atom. The van der Waals surface area contributed by atoms with Gasteiger partial charge in [-0.3, -0.25) is 4.79 Å². The number of nitrogens with two attached hydrogens (primary N) is 1. The van der Waals surface area contributed by atoms with Gasteiger partial charge in [-0.25, -0.2) is 9.78 Å². The molecule has 0 bridgehead atoms. The molecule has 0 radical (unpaired) electrons. The first kappa shape index (κ1) is 22.0. The number of hydrogen-bond acceptors (Lipinski definition) is 5. The molecule has 4 N–H and O–H groups in total. The van der Waals surface area contributed by atoms with Crippen LogP contribution in [0.2, 0.25) is 0 Å². The number of nitrogens with zero attached hydrogens (tertiary/aromatic N) is 2. The summed E-state index contributed by atoms with van der Waals surface area (Å²) in [6.45, 7) is 12.5. The van der Waals surface area contributed by atoms with Gasteiger partial charge in [0.1, 0.15) is 5.60 Å². The third-order valence-corrected chi connectivity index (χ3v) is 3.72. The highest BCUT2D eigenvalue weighted by atomic mass is 16.6. The van der Waals surface area contributed by atoms with Crippen LogP contribution in [-0.4, -0.2) is 51.1 Å². The number of amides is 2. The lowest BCUT2D eigenvalue weighted by Crippen LogP contribution is -2.50. The van der Waals surface area contributed by atoms with Crippen LogP contribution in [0.3, 0.4) is 0 Å². The number of imidazole rings is 1. The van der Waals surface area contributed by atoms with Crippen LogP contribution in [0, 0.1) is 0 Å². The van der Waals surface area contributed by atoms with Gasteiger partial charge in [-0.05, 0) is 48.0 Å². The van der Waals surface area contributed by atoms with Crippen LogP contribution in [0.15, 0.2) is 12.5 Å². The van der Waals surface area contributed by atoms with Crippen molar-refractivity contribution in [1.82, 2.24) is 20.2 Å². The summed E-state index contributed by atoms with van der Waals surface area (Å²) >= 11 is 0. The van der Waals surface area contributed by atoms with Gasteiger partial charge in [0.05, 0.1) is 12.0 Å². The van der Waals surface area contributed by atoms with Crippen LogP contribution in [-0.2, 0) is 9.53 Å². The van der Waals surface area contributed by atoms with Crippen LogP contribution in [0.25, 0.3) is 0 Å². The fourth-order valence-corrected chi connectivity index (χ4v) is 2.48. The molecule has 0 fully saturated rings. The highest BCUT2D eigenvalue weighted by Gasteiger charge is 2.30. The molecule has 26 heavy (non-hydrogen) atoms. The number of nitrogens with one attached hydrogen (secondary N) is 2. The Morgan fingerprint density at radius 1 is 1.31 bits per heavy atom. The highest BCUT2D eigenvalue weighted by Crippen LogP contribution is 2.19. The number of H-pyrrole nitrogens is 1. The van der Waals surface area contributed by atoms with Gasteiger partial charge >= 0.3 is 6.09 Å². The van der Waals surface area contributed by atoms with Crippen molar-refractivity contribution in [3.63, 3.8) is 0 Å². The molecule has 1 aromatic rings. The van der Waals surface area contributed by atoms with E-state index in [9.17, 15) is 9.59 Å². The standard InChI is InChI=1S/C18H33N5O3/c1-17(2,3)23(16(25)26-18(4,5)6)10-9-21-13(7-8-15(19)24)14-11-20-12-22-14/h11-13,21H,7-10H2,1-6H3,(H2,19,24)(H,20,22). The number of carbonyl (C=O) groups is 2. The maximum absolute atomic E-state index is 12.5. The maximum atomic E-state index is 12.5. The molecule has 0 aliphatic rings. The van der Waals surface area contributed by atoms with Crippen LogP contribution >= 0.6 is 0 Å². The maximum Gasteiger partial charge on any atom is 0.410 e. The molecule has 8 nitrogen and oxygen atoms in total. The molecule has 0 saturated carbocycles. The van der Waals surface area contributed by atoms with Crippen LogP contribution in [0.4, 0.5) is 4.79 Å².